The van der Waals surface area contributed by atoms with E-state index in [9.17, 15) is 15.0 Å². The summed E-state index contributed by atoms with van der Waals surface area (Å²) in [6.45, 7) is 0.127. The molecule has 2 aliphatic rings. The molecule has 5 atom stereocenters. The summed E-state index contributed by atoms with van der Waals surface area (Å²) in [5.74, 6) is 0.737. The summed E-state index contributed by atoms with van der Waals surface area (Å²) < 4.78 is 5.57. The van der Waals surface area contributed by atoms with E-state index >= 15 is 0 Å². The Morgan fingerprint density at radius 2 is 2.17 bits per heavy atom. The smallest absolute Gasteiger partial charge is 0.303 e. The van der Waals surface area contributed by atoms with E-state index in [1.165, 1.54) is 5.57 Å². The number of carboxylic acids is 1. The Labute approximate surface area is 176 Å². The number of benzene rings is 1. The molecule has 0 saturated heterocycles. The van der Waals surface area contributed by atoms with Crippen molar-refractivity contribution >= 4 is 17.6 Å². The van der Waals surface area contributed by atoms with Gasteiger partial charge in [-0.1, -0.05) is 41.5 Å². The fourth-order valence-electron chi connectivity index (χ4n) is 4.55. The van der Waals surface area contributed by atoms with Crippen LogP contribution in [0.15, 0.2) is 48.1 Å². The third-order valence-corrected chi connectivity index (χ3v) is 6.15. The molecule has 0 spiro atoms. The van der Waals surface area contributed by atoms with Gasteiger partial charge in [-0.25, -0.2) is 0 Å². The van der Waals surface area contributed by atoms with E-state index in [-0.39, 0.29) is 25.0 Å². The van der Waals surface area contributed by atoms with Crippen molar-refractivity contribution in [1.29, 1.82) is 0 Å². The fraction of sp³-hybridized carbons (Fsp3) is 0.522. The number of carboxylic acid groups (broad SMARTS) is 1. The molecule has 1 aromatic carbocycles. The molecule has 2 aliphatic carbocycles. The van der Waals surface area contributed by atoms with Crippen molar-refractivity contribution in [1.82, 2.24) is 0 Å². The predicted molar refractivity (Wildman–Crippen MR) is 112 cm³/mol. The number of fused-ring (bicyclic) bond motifs is 1. The minimum atomic E-state index is -0.757. The predicted octanol–water partition coefficient (Wildman–Crippen LogP) is 4.22. The topological polar surface area (TPSA) is 87.0 Å². The molecular weight excluding hydrogens is 392 g/mol. The summed E-state index contributed by atoms with van der Waals surface area (Å²) in [5, 5.41) is 30.0. The minimum Gasteiger partial charge on any atom is -0.491 e. The van der Waals surface area contributed by atoms with Crippen LogP contribution in [-0.2, 0) is 4.79 Å². The average Bonchev–Trinajstić information content (AvgIpc) is 3.18. The Morgan fingerprint density at radius 1 is 1.34 bits per heavy atom. The molecule has 2 saturated carbocycles. The Kier molecular flexibility index (Phi) is 7.76. The van der Waals surface area contributed by atoms with Crippen molar-refractivity contribution in [3.63, 3.8) is 0 Å². The molecular formula is C23H29ClO5. The second-order valence-corrected chi connectivity index (χ2v) is 8.52. The summed E-state index contributed by atoms with van der Waals surface area (Å²) in [6.07, 6.45) is 9.08. The Balaban J connectivity index is 1.49. The van der Waals surface area contributed by atoms with E-state index in [2.05, 4.69) is 6.08 Å². The van der Waals surface area contributed by atoms with Gasteiger partial charge < -0.3 is 20.1 Å². The maximum absolute atomic E-state index is 10.6. The number of aliphatic hydroxyl groups is 2. The molecule has 0 unspecified atom stereocenters. The standard InChI is InChI=1S/C23H29ClO5/c24-17-5-3-6-19(13-17)29-14-18(25)8-9-20-21-11-15(4-1-2-7-23(27)28)10-16(21)12-22(20)26/h3-6,8-9,13,16,18,20-22,25-26H,1-2,7,10-12,14H2,(H,27,28)/b9-8+,15-4+/t16-,18+,20-,21+,22-/m1/s1. The van der Waals surface area contributed by atoms with Gasteiger partial charge in [-0.15, -0.1) is 0 Å². The van der Waals surface area contributed by atoms with E-state index < -0.39 is 12.1 Å². The van der Waals surface area contributed by atoms with Gasteiger partial charge in [-0.2, -0.15) is 0 Å². The van der Waals surface area contributed by atoms with E-state index in [0.29, 0.717) is 29.0 Å². The van der Waals surface area contributed by atoms with Crippen LogP contribution < -0.4 is 4.74 Å². The molecule has 0 radical (unpaired) electrons. The summed E-state index contributed by atoms with van der Waals surface area (Å²) >= 11 is 5.93. The molecule has 0 amide bonds. The molecule has 0 bridgehead atoms. The lowest BCUT2D eigenvalue weighted by molar-refractivity contribution is -0.137. The zero-order chi connectivity index (χ0) is 20.8. The molecule has 29 heavy (non-hydrogen) atoms. The third-order valence-electron chi connectivity index (χ3n) is 5.91. The lowest BCUT2D eigenvalue weighted by Gasteiger charge is -2.18. The zero-order valence-corrected chi connectivity index (χ0v) is 17.2. The maximum atomic E-state index is 10.6. The molecule has 1 aromatic rings. The van der Waals surface area contributed by atoms with Gasteiger partial charge in [-0.05, 0) is 62.1 Å². The Bertz CT molecular complexity index is 759. The van der Waals surface area contributed by atoms with Crippen LogP contribution in [0.2, 0.25) is 5.02 Å². The van der Waals surface area contributed by atoms with Gasteiger partial charge >= 0.3 is 5.97 Å². The maximum Gasteiger partial charge on any atom is 0.303 e. The Hall–Kier alpha value is -1.82. The average molecular weight is 421 g/mol. The first kappa shape index (κ1) is 21.9. The molecule has 6 heteroatoms. The summed E-state index contributed by atoms with van der Waals surface area (Å²) in [4.78, 5) is 10.6. The highest BCUT2D eigenvalue weighted by atomic mass is 35.5. The quantitative estimate of drug-likeness (QED) is 0.411. The monoisotopic (exact) mass is 420 g/mol. The molecule has 158 valence electrons. The van der Waals surface area contributed by atoms with Crippen molar-refractivity contribution < 1.29 is 24.9 Å². The van der Waals surface area contributed by atoms with E-state index in [4.69, 9.17) is 21.4 Å². The first-order chi connectivity index (χ1) is 13.9. The van der Waals surface area contributed by atoms with Gasteiger partial charge in [0.2, 0.25) is 0 Å². The van der Waals surface area contributed by atoms with Crippen molar-refractivity contribution in [3.05, 3.63) is 53.1 Å². The van der Waals surface area contributed by atoms with E-state index in [0.717, 1.165) is 25.7 Å². The molecule has 3 N–H and O–H groups in total. The molecule has 0 aromatic heterocycles. The second kappa shape index (κ2) is 10.3. The van der Waals surface area contributed by atoms with Crippen LogP contribution in [0.3, 0.4) is 0 Å². The normalized spacial score (nSPS) is 28.7. The van der Waals surface area contributed by atoms with Crippen LogP contribution in [0.1, 0.15) is 38.5 Å². The van der Waals surface area contributed by atoms with Gasteiger partial charge in [0.05, 0.1) is 6.10 Å². The van der Waals surface area contributed by atoms with Gasteiger partial charge in [0.1, 0.15) is 18.5 Å². The van der Waals surface area contributed by atoms with Crippen molar-refractivity contribution in [2.75, 3.05) is 6.61 Å². The summed E-state index contributed by atoms with van der Waals surface area (Å²) in [6, 6.07) is 7.05. The fourth-order valence-corrected chi connectivity index (χ4v) is 4.73. The highest BCUT2D eigenvalue weighted by molar-refractivity contribution is 6.30. The van der Waals surface area contributed by atoms with Gasteiger partial charge in [0.25, 0.3) is 0 Å². The number of aliphatic hydroxyl groups excluding tert-OH is 2. The Morgan fingerprint density at radius 3 is 2.93 bits per heavy atom. The zero-order valence-electron chi connectivity index (χ0n) is 16.4. The molecule has 2 fully saturated rings. The molecule has 3 rings (SSSR count). The number of allylic oxidation sites excluding steroid dienone is 2. The lowest BCUT2D eigenvalue weighted by atomic mass is 9.90. The highest BCUT2D eigenvalue weighted by Crippen LogP contribution is 2.50. The summed E-state index contributed by atoms with van der Waals surface area (Å²) in [7, 11) is 0. The second-order valence-electron chi connectivity index (χ2n) is 8.08. The molecule has 0 heterocycles. The lowest BCUT2D eigenvalue weighted by Crippen LogP contribution is -2.19. The van der Waals surface area contributed by atoms with E-state index in [1.807, 2.05) is 6.08 Å². The molecule has 0 aliphatic heterocycles. The number of halogens is 1. The number of carbonyl (C=O) groups is 1. The number of hydrogen-bond donors (Lipinski definition) is 3. The van der Waals surface area contributed by atoms with Crippen molar-refractivity contribution in [2.45, 2.75) is 50.7 Å². The van der Waals surface area contributed by atoms with Crippen molar-refractivity contribution in [3.8, 4) is 5.75 Å². The van der Waals surface area contributed by atoms with Gasteiger partial charge in [0, 0.05) is 17.4 Å². The van der Waals surface area contributed by atoms with Crippen LogP contribution in [0.4, 0.5) is 0 Å². The number of ether oxygens (including phenoxy) is 1. The van der Waals surface area contributed by atoms with Crippen LogP contribution >= 0.6 is 11.6 Å². The largest absolute Gasteiger partial charge is 0.491 e. The summed E-state index contributed by atoms with van der Waals surface area (Å²) in [5.41, 5.74) is 1.38. The highest BCUT2D eigenvalue weighted by Gasteiger charge is 2.44. The first-order valence-corrected chi connectivity index (χ1v) is 10.6. The van der Waals surface area contributed by atoms with E-state index in [1.54, 1.807) is 30.3 Å². The van der Waals surface area contributed by atoms with Crippen molar-refractivity contribution in [2.24, 2.45) is 17.8 Å². The number of unbranched alkanes of at least 4 members (excludes halogenated alkanes) is 1. The first-order valence-electron chi connectivity index (χ1n) is 10.2. The van der Waals surface area contributed by atoms with Gasteiger partial charge in [0.15, 0.2) is 0 Å². The third kappa shape index (κ3) is 6.33. The van der Waals surface area contributed by atoms with Gasteiger partial charge in [-0.3, -0.25) is 4.79 Å². The molecule has 5 nitrogen and oxygen atoms in total. The number of rotatable bonds is 9. The van der Waals surface area contributed by atoms with Crippen LogP contribution in [0.5, 0.6) is 5.75 Å². The van der Waals surface area contributed by atoms with Crippen LogP contribution in [0, 0.1) is 17.8 Å². The SMILES string of the molecule is O=C(O)CCC/C=C1\C[C@@H]2C[C@@H](O)[C@H](/C=C/[C@H](O)COc3cccc(Cl)c3)[C@H]2C1. The number of aliphatic carboxylic acids is 1. The minimum absolute atomic E-state index is 0.0331. The number of hydrogen-bond acceptors (Lipinski definition) is 4. The van der Waals surface area contributed by atoms with Crippen LogP contribution in [-0.4, -0.2) is 40.1 Å². The van der Waals surface area contributed by atoms with Crippen LogP contribution in [0.25, 0.3) is 0 Å².